The van der Waals surface area contributed by atoms with Gasteiger partial charge < -0.3 is 9.64 Å². The van der Waals surface area contributed by atoms with Gasteiger partial charge in [0.15, 0.2) is 6.61 Å². The van der Waals surface area contributed by atoms with Crippen molar-refractivity contribution in [2.75, 3.05) is 18.6 Å². The van der Waals surface area contributed by atoms with Gasteiger partial charge in [0.2, 0.25) is 0 Å². The van der Waals surface area contributed by atoms with E-state index in [0.29, 0.717) is 0 Å². The lowest BCUT2D eigenvalue weighted by Gasteiger charge is -2.26. The zero-order chi connectivity index (χ0) is 11.9. The molecule has 0 N–H and O–H groups in total. The van der Waals surface area contributed by atoms with Gasteiger partial charge in [-0.1, -0.05) is 0 Å². The number of halogens is 3. The van der Waals surface area contributed by atoms with Crippen LogP contribution < -0.4 is 9.64 Å². The standard InChI is InChI=1S/C10H8F3NO2/c1-14-7-4-6(10(11,12)13)2-3-8(7)16-5-9(14)15/h2-4H,5H2,1H3. The number of hydrogen-bond acceptors (Lipinski definition) is 2. The van der Waals surface area contributed by atoms with Crippen LogP contribution in [-0.4, -0.2) is 19.6 Å². The molecule has 1 aromatic carbocycles. The molecule has 1 amide bonds. The van der Waals surface area contributed by atoms with E-state index in [2.05, 4.69) is 0 Å². The number of amides is 1. The molecule has 1 aromatic rings. The Labute approximate surface area is 89.4 Å². The summed E-state index contributed by atoms with van der Waals surface area (Å²) in [5.74, 6) is -0.0816. The summed E-state index contributed by atoms with van der Waals surface area (Å²) < 4.78 is 42.3. The highest BCUT2D eigenvalue weighted by Gasteiger charge is 2.33. The first-order chi connectivity index (χ1) is 7.39. The second-order valence-corrected chi connectivity index (χ2v) is 3.42. The number of benzene rings is 1. The molecule has 3 nitrogen and oxygen atoms in total. The van der Waals surface area contributed by atoms with E-state index in [9.17, 15) is 18.0 Å². The molecule has 1 aliphatic rings. The molecule has 0 bridgehead atoms. The third kappa shape index (κ3) is 1.70. The first-order valence-corrected chi connectivity index (χ1v) is 4.50. The molecule has 1 aliphatic heterocycles. The van der Waals surface area contributed by atoms with E-state index < -0.39 is 11.7 Å². The number of alkyl halides is 3. The highest BCUT2D eigenvalue weighted by Crippen LogP contribution is 2.37. The van der Waals surface area contributed by atoms with Crippen molar-refractivity contribution in [2.45, 2.75) is 6.18 Å². The van der Waals surface area contributed by atoms with Gasteiger partial charge in [0, 0.05) is 7.05 Å². The Hall–Kier alpha value is -1.72. The van der Waals surface area contributed by atoms with Crippen LogP contribution in [0.3, 0.4) is 0 Å². The number of anilines is 1. The average Bonchev–Trinajstić information content (AvgIpc) is 2.22. The Bertz CT molecular complexity index is 442. The zero-order valence-electron chi connectivity index (χ0n) is 8.34. The predicted octanol–water partition coefficient (Wildman–Crippen LogP) is 2.06. The molecule has 0 aliphatic carbocycles. The number of ether oxygens (including phenoxy) is 1. The summed E-state index contributed by atoms with van der Waals surface area (Å²) in [6, 6.07) is 3.07. The van der Waals surface area contributed by atoms with E-state index in [1.165, 1.54) is 13.1 Å². The molecule has 0 saturated carbocycles. The number of rotatable bonds is 0. The van der Waals surface area contributed by atoms with Gasteiger partial charge in [0.05, 0.1) is 11.3 Å². The summed E-state index contributed by atoms with van der Waals surface area (Å²) in [5.41, 5.74) is -0.650. The largest absolute Gasteiger partial charge is 0.482 e. The molecule has 1 heterocycles. The van der Waals surface area contributed by atoms with Gasteiger partial charge in [-0.2, -0.15) is 13.2 Å². The number of fused-ring (bicyclic) bond motifs is 1. The number of hydrogen-bond donors (Lipinski definition) is 0. The molecule has 0 aromatic heterocycles. The summed E-state index contributed by atoms with van der Waals surface area (Å²) in [6.45, 7) is -0.144. The number of carbonyl (C=O) groups is 1. The monoisotopic (exact) mass is 231 g/mol. The fourth-order valence-corrected chi connectivity index (χ4v) is 1.45. The van der Waals surface area contributed by atoms with Crippen LogP contribution in [0.5, 0.6) is 5.75 Å². The quantitative estimate of drug-likeness (QED) is 0.684. The lowest BCUT2D eigenvalue weighted by molar-refractivity contribution is -0.137. The van der Waals surface area contributed by atoms with Gasteiger partial charge in [-0.15, -0.1) is 0 Å². The van der Waals surface area contributed by atoms with E-state index in [1.807, 2.05) is 0 Å². The first kappa shape index (κ1) is 10.8. The van der Waals surface area contributed by atoms with E-state index in [-0.39, 0.29) is 24.0 Å². The van der Waals surface area contributed by atoms with Crippen LogP contribution in [0, 0.1) is 0 Å². The summed E-state index contributed by atoms with van der Waals surface area (Å²) in [4.78, 5) is 12.4. The van der Waals surface area contributed by atoms with Crippen LogP contribution in [0.4, 0.5) is 18.9 Å². The van der Waals surface area contributed by atoms with Crippen molar-refractivity contribution in [3.05, 3.63) is 23.8 Å². The third-order valence-corrected chi connectivity index (χ3v) is 2.37. The molecule has 0 radical (unpaired) electrons. The van der Waals surface area contributed by atoms with Crippen LogP contribution in [0.15, 0.2) is 18.2 Å². The normalized spacial score (nSPS) is 15.8. The molecule has 0 atom stereocenters. The Morgan fingerprint density at radius 3 is 2.69 bits per heavy atom. The minimum absolute atomic E-state index is 0.144. The number of likely N-dealkylation sites (N-methyl/N-ethyl adjacent to an activating group) is 1. The van der Waals surface area contributed by atoms with E-state index >= 15 is 0 Å². The number of nitrogens with zero attached hydrogens (tertiary/aromatic N) is 1. The lowest BCUT2D eigenvalue weighted by Crippen LogP contribution is -2.35. The second kappa shape index (κ2) is 3.40. The van der Waals surface area contributed by atoms with Crippen molar-refractivity contribution >= 4 is 11.6 Å². The molecule has 0 fully saturated rings. The Balaban J connectivity index is 2.48. The maximum atomic E-state index is 12.4. The molecular formula is C10H8F3NO2. The molecule has 0 spiro atoms. The first-order valence-electron chi connectivity index (χ1n) is 4.50. The summed E-state index contributed by atoms with van der Waals surface area (Å²) >= 11 is 0. The van der Waals surface area contributed by atoms with E-state index in [1.54, 1.807) is 0 Å². The van der Waals surface area contributed by atoms with Gasteiger partial charge in [-0.3, -0.25) is 4.79 Å². The van der Waals surface area contributed by atoms with Gasteiger partial charge >= 0.3 is 6.18 Å². The van der Waals surface area contributed by atoms with Gasteiger partial charge in [0.1, 0.15) is 5.75 Å². The van der Waals surface area contributed by atoms with Crippen molar-refractivity contribution in [1.29, 1.82) is 0 Å². The molecule has 0 saturated heterocycles. The van der Waals surface area contributed by atoms with Crippen molar-refractivity contribution in [1.82, 2.24) is 0 Å². The van der Waals surface area contributed by atoms with Crippen molar-refractivity contribution < 1.29 is 22.7 Å². The highest BCUT2D eigenvalue weighted by atomic mass is 19.4. The minimum Gasteiger partial charge on any atom is -0.482 e. The minimum atomic E-state index is -4.42. The smallest absolute Gasteiger partial charge is 0.416 e. The summed E-state index contributed by atoms with van der Waals surface area (Å²) in [6.07, 6.45) is -4.42. The van der Waals surface area contributed by atoms with Crippen LogP contribution >= 0.6 is 0 Å². The summed E-state index contributed by atoms with van der Waals surface area (Å²) in [5, 5.41) is 0. The van der Waals surface area contributed by atoms with Gasteiger partial charge in [-0.05, 0) is 18.2 Å². The van der Waals surface area contributed by atoms with Crippen LogP contribution in [0.25, 0.3) is 0 Å². The Morgan fingerprint density at radius 1 is 1.38 bits per heavy atom. The fraction of sp³-hybridized carbons (Fsp3) is 0.300. The van der Waals surface area contributed by atoms with Crippen LogP contribution in [-0.2, 0) is 11.0 Å². The molecule has 0 unspecified atom stereocenters. The second-order valence-electron chi connectivity index (χ2n) is 3.42. The maximum Gasteiger partial charge on any atom is 0.416 e. The van der Waals surface area contributed by atoms with Crippen LogP contribution in [0.1, 0.15) is 5.56 Å². The van der Waals surface area contributed by atoms with Crippen LogP contribution in [0.2, 0.25) is 0 Å². The summed E-state index contributed by atoms with van der Waals surface area (Å²) in [7, 11) is 1.42. The molecule has 2 rings (SSSR count). The fourth-order valence-electron chi connectivity index (χ4n) is 1.45. The van der Waals surface area contributed by atoms with Crippen molar-refractivity contribution in [3.8, 4) is 5.75 Å². The van der Waals surface area contributed by atoms with E-state index in [0.717, 1.165) is 17.0 Å². The average molecular weight is 231 g/mol. The van der Waals surface area contributed by atoms with Crippen molar-refractivity contribution in [3.63, 3.8) is 0 Å². The molecule has 6 heteroatoms. The Morgan fingerprint density at radius 2 is 2.06 bits per heavy atom. The Kier molecular flexibility index (Phi) is 2.29. The molecule has 86 valence electrons. The predicted molar refractivity (Wildman–Crippen MR) is 50.3 cm³/mol. The third-order valence-electron chi connectivity index (χ3n) is 2.37. The lowest BCUT2D eigenvalue weighted by atomic mass is 10.1. The van der Waals surface area contributed by atoms with Gasteiger partial charge in [0.25, 0.3) is 5.91 Å². The van der Waals surface area contributed by atoms with Gasteiger partial charge in [-0.25, -0.2) is 0 Å². The molecular weight excluding hydrogens is 223 g/mol. The highest BCUT2D eigenvalue weighted by molar-refractivity contribution is 5.97. The number of carbonyl (C=O) groups excluding carboxylic acids is 1. The van der Waals surface area contributed by atoms with Crippen molar-refractivity contribution in [2.24, 2.45) is 0 Å². The molecule has 16 heavy (non-hydrogen) atoms. The van der Waals surface area contributed by atoms with E-state index in [4.69, 9.17) is 4.74 Å². The zero-order valence-corrected chi connectivity index (χ0v) is 8.34. The maximum absolute atomic E-state index is 12.4. The topological polar surface area (TPSA) is 29.5 Å². The SMILES string of the molecule is CN1C(=O)COc2ccc(C(F)(F)F)cc21.